The Hall–Kier alpha value is -2.70. The molecule has 25 heavy (non-hydrogen) atoms. The quantitative estimate of drug-likeness (QED) is 0.782. The van der Waals surface area contributed by atoms with Gasteiger partial charge in [-0.25, -0.2) is 4.90 Å². The lowest BCUT2D eigenvalue weighted by Gasteiger charge is -2.17. The third-order valence-electron chi connectivity index (χ3n) is 4.22. The van der Waals surface area contributed by atoms with E-state index in [-0.39, 0.29) is 24.8 Å². The van der Waals surface area contributed by atoms with Crippen LogP contribution in [0.5, 0.6) is 5.75 Å². The molecule has 2 N–H and O–H groups in total. The molecule has 0 radical (unpaired) electrons. The van der Waals surface area contributed by atoms with Crippen LogP contribution in [0, 0.1) is 0 Å². The third kappa shape index (κ3) is 3.70. The number of imide groups is 1. The monoisotopic (exact) mass is 340 g/mol. The van der Waals surface area contributed by atoms with Crippen molar-refractivity contribution in [2.24, 2.45) is 0 Å². The van der Waals surface area contributed by atoms with Gasteiger partial charge in [-0.05, 0) is 29.8 Å². The summed E-state index contributed by atoms with van der Waals surface area (Å²) >= 11 is 0. The number of rotatable bonds is 6. The van der Waals surface area contributed by atoms with E-state index in [1.165, 1.54) is 4.90 Å². The minimum Gasteiger partial charge on any atom is -0.497 e. The van der Waals surface area contributed by atoms with Crippen molar-refractivity contribution >= 4 is 17.5 Å². The Kier molecular flexibility index (Phi) is 5.11. The molecule has 1 fully saturated rings. The number of carbonyl (C=O) groups is 2. The molecule has 6 heteroatoms. The number of methoxy groups -OCH3 is 1. The van der Waals surface area contributed by atoms with Crippen molar-refractivity contribution in [3.63, 3.8) is 0 Å². The normalized spacial score (nSPS) is 18.5. The number of amides is 2. The van der Waals surface area contributed by atoms with Gasteiger partial charge in [-0.1, -0.05) is 30.3 Å². The van der Waals surface area contributed by atoms with Gasteiger partial charge in [0.2, 0.25) is 5.91 Å². The van der Waals surface area contributed by atoms with Gasteiger partial charge in [0.05, 0.1) is 31.4 Å². The molecule has 0 aromatic heterocycles. The second-order valence-electron chi connectivity index (χ2n) is 5.86. The zero-order valence-corrected chi connectivity index (χ0v) is 13.9. The van der Waals surface area contributed by atoms with Gasteiger partial charge < -0.3 is 15.2 Å². The van der Waals surface area contributed by atoms with E-state index in [9.17, 15) is 14.7 Å². The number of ether oxygens (including phenoxy) is 1. The fourth-order valence-corrected chi connectivity index (χ4v) is 2.84. The first-order valence-electron chi connectivity index (χ1n) is 8.07. The summed E-state index contributed by atoms with van der Waals surface area (Å²) in [6.07, 6.45) is -0.661. The predicted octanol–water partition coefficient (Wildman–Crippen LogP) is 1.65. The van der Waals surface area contributed by atoms with Crippen LogP contribution in [0.1, 0.15) is 18.1 Å². The molecule has 0 aliphatic carbocycles. The molecule has 6 nitrogen and oxygen atoms in total. The van der Waals surface area contributed by atoms with Crippen molar-refractivity contribution in [3.8, 4) is 5.75 Å². The van der Waals surface area contributed by atoms with Gasteiger partial charge in [0.1, 0.15) is 5.75 Å². The van der Waals surface area contributed by atoms with E-state index in [2.05, 4.69) is 5.32 Å². The Morgan fingerprint density at radius 3 is 2.48 bits per heavy atom. The van der Waals surface area contributed by atoms with Crippen LogP contribution in [-0.4, -0.2) is 36.6 Å². The summed E-state index contributed by atoms with van der Waals surface area (Å²) in [6.45, 7) is 0.199. The summed E-state index contributed by atoms with van der Waals surface area (Å²) in [6, 6.07) is 15.3. The number of carbonyl (C=O) groups excluding carboxylic acids is 2. The standard InChI is InChI=1S/C19H20N2O4/c1-25-15-9-7-14(8-10-15)21-18(23)11-16(19(21)24)20-12-17(22)13-5-3-2-4-6-13/h2-10,16-17,20,22H,11-12H2,1H3/t16-,17-/m1/s1. The van der Waals surface area contributed by atoms with Gasteiger partial charge in [0, 0.05) is 6.54 Å². The molecule has 2 atom stereocenters. The number of nitrogens with zero attached hydrogens (tertiary/aromatic N) is 1. The van der Waals surface area contributed by atoms with Gasteiger partial charge in [-0.2, -0.15) is 0 Å². The highest BCUT2D eigenvalue weighted by Crippen LogP contribution is 2.25. The summed E-state index contributed by atoms with van der Waals surface area (Å²) in [4.78, 5) is 26.0. The minimum absolute atomic E-state index is 0.0758. The van der Waals surface area contributed by atoms with Gasteiger partial charge >= 0.3 is 0 Å². The second kappa shape index (κ2) is 7.46. The SMILES string of the molecule is COc1ccc(N2C(=O)C[C@@H](NC[C@@H](O)c3ccccc3)C2=O)cc1. The highest BCUT2D eigenvalue weighted by molar-refractivity contribution is 6.22. The van der Waals surface area contributed by atoms with Crippen molar-refractivity contribution in [2.75, 3.05) is 18.6 Å². The lowest BCUT2D eigenvalue weighted by molar-refractivity contribution is -0.121. The average Bonchev–Trinajstić information content (AvgIpc) is 2.94. The Bertz CT molecular complexity index is 746. The molecule has 1 aliphatic rings. The number of hydrogen-bond donors (Lipinski definition) is 2. The Labute approximate surface area is 146 Å². The topological polar surface area (TPSA) is 78.9 Å². The summed E-state index contributed by atoms with van der Waals surface area (Å²) in [7, 11) is 1.55. The van der Waals surface area contributed by atoms with Crippen molar-refractivity contribution < 1.29 is 19.4 Å². The fraction of sp³-hybridized carbons (Fsp3) is 0.263. The number of aliphatic hydroxyl groups is 1. The van der Waals surface area contributed by atoms with E-state index in [0.717, 1.165) is 5.56 Å². The van der Waals surface area contributed by atoms with Gasteiger partial charge in [-0.3, -0.25) is 9.59 Å². The van der Waals surface area contributed by atoms with Crippen molar-refractivity contribution in [2.45, 2.75) is 18.6 Å². The Morgan fingerprint density at radius 1 is 1.16 bits per heavy atom. The molecule has 1 aliphatic heterocycles. The molecule has 130 valence electrons. The van der Waals surface area contributed by atoms with Gasteiger partial charge in [0.25, 0.3) is 5.91 Å². The van der Waals surface area contributed by atoms with E-state index in [4.69, 9.17) is 4.74 Å². The minimum atomic E-state index is -0.737. The first kappa shape index (κ1) is 17.1. The molecule has 2 amide bonds. The lowest BCUT2D eigenvalue weighted by Crippen LogP contribution is -2.40. The van der Waals surface area contributed by atoms with Gasteiger partial charge in [0.15, 0.2) is 0 Å². The van der Waals surface area contributed by atoms with Crippen molar-refractivity contribution in [1.29, 1.82) is 0 Å². The molecular formula is C19H20N2O4. The average molecular weight is 340 g/mol. The largest absolute Gasteiger partial charge is 0.497 e. The fourth-order valence-electron chi connectivity index (χ4n) is 2.84. The van der Waals surface area contributed by atoms with E-state index in [1.807, 2.05) is 30.3 Å². The van der Waals surface area contributed by atoms with Crippen LogP contribution in [0.2, 0.25) is 0 Å². The summed E-state index contributed by atoms with van der Waals surface area (Å²) in [5.41, 5.74) is 1.28. The molecule has 1 heterocycles. The van der Waals surface area contributed by atoms with Crippen LogP contribution in [-0.2, 0) is 9.59 Å². The number of aliphatic hydroxyl groups excluding tert-OH is 1. The zero-order chi connectivity index (χ0) is 17.8. The van der Waals surface area contributed by atoms with Crippen LogP contribution < -0.4 is 15.0 Å². The maximum atomic E-state index is 12.5. The molecule has 0 spiro atoms. The lowest BCUT2D eigenvalue weighted by atomic mass is 10.1. The van der Waals surface area contributed by atoms with Crippen LogP contribution in [0.15, 0.2) is 54.6 Å². The van der Waals surface area contributed by atoms with E-state index < -0.39 is 12.1 Å². The number of anilines is 1. The second-order valence-corrected chi connectivity index (χ2v) is 5.86. The first-order chi connectivity index (χ1) is 12.1. The molecular weight excluding hydrogens is 320 g/mol. The van der Waals surface area contributed by atoms with Crippen LogP contribution in [0.3, 0.4) is 0 Å². The highest BCUT2D eigenvalue weighted by Gasteiger charge is 2.39. The van der Waals surface area contributed by atoms with Crippen LogP contribution in [0.25, 0.3) is 0 Å². The van der Waals surface area contributed by atoms with E-state index in [0.29, 0.717) is 11.4 Å². The number of nitrogens with one attached hydrogen (secondary N) is 1. The Balaban J connectivity index is 1.64. The Morgan fingerprint density at radius 2 is 1.84 bits per heavy atom. The molecule has 1 saturated heterocycles. The smallest absolute Gasteiger partial charge is 0.251 e. The highest BCUT2D eigenvalue weighted by atomic mass is 16.5. The third-order valence-corrected chi connectivity index (χ3v) is 4.22. The number of hydrogen-bond acceptors (Lipinski definition) is 5. The molecule has 0 saturated carbocycles. The van der Waals surface area contributed by atoms with Crippen molar-refractivity contribution in [1.82, 2.24) is 5.32 Å². The maximum Gasteiger partial charge on any atom is 0.251 e. The van der Waals surface area contributed by atoms with Crippen molar-refractivity contribution in [3.05, 3.63) is 60.2 Å². The molecule has 2 aromatic carbocycles. The van der Waals surface area contributed by atoms with E-state index in [1.54, 1.807) is 31.4 Å². The van der Waals surface area contributed by atoms with E-state index >= 15 is 0 Å². The number of benzene rings is 2. The summed E-state index contributed by atoms with van der Waals surface area (Å²) in [5.74, 6) is 0.0841. The molecule has 0 bridgehead atoms. The van der Waals surface area contributed by atoms with Crippen LogP contribution >= 0.6 is 0 Å². The van der Waals surface area contributed by atoms with Gasteiger partial charge in [-0.15, -0.1) is 0 Å². The molecule has 0 unspecified atom stereocenters. The maximum absolute atomic E-state index is 12.5. The summed E-state index contributed by atoms with van der Waals surface area (Å²) < 4.78 is 5.09. The zero-order valence-electron chi connectivity index (χ0n) is 13.9. The predicted molar refractivity (Wildman–Crippen MR) is 93.3 cm³/mol. The first-order valence-corrected chi connectivity index (χ1v) is 8.07. The molecule has 3 rings (SSSR count). The molecule has 2 aromatic rings. The van der Waals surface area contributed by atoms with Crippen LogP contribution in [0.4, 0.5) is 5.69 Å². The summed E-state index contributed by atoms with van der Waals surface area (Å²) in [5, 5.41) is 13.2.